The number of thioether (sulfide) groups is 1. The Labute approximate surface area is 173 Å². The van der Waals surface area contributed by atoms with Crippen molar-refractivity contribution in [1.29, 1.82) is 0 Å². The molecule has 1 amide bonds. The van der Waals surface area contributed by atoms with Crippen LogP contribution in [0, 0.1) is 0 Å². The number of benzene rings is 2. The molecule has 2 atom stereocenters. The Bertz CT molecular complexity index is 960. The van der Waals surface area contributed by atoms with Crippen LogP contribution in [0.15, 0.2) is 58.9 Å². The maximum atomic E-state index is 13.1. The highest BCUT2D eigenvalue weighted by Gasteiger charge is 2.33. The Morgan fingerprint density at radius 2 is 1.96 bits per heavy atom. The fourth-order valence-electron chi connectivity index (χ4n) is 3.40. The molecule has 1 N–H and O–H groups in total. The van der Waals surface area contributed by atoms with E-state index in [-0.39, 0.29) is 17.2 Å². The average Bonchev–Trinajstić information content (AvgIpc) is 3.29. The van der Waals surface area contributed by atoms with Gasteiger partial charge >= 0.3 is 0 Å². The van der Waals surface area contributed by atoms with Gasteiger partial charge in [0.2, 0.25) is 11.0 Å². The molecule has 0 bridgehead atoms. The Balaban J connectivity index is 1.38. The van der Waals surface area contributed by atoms with Gasteiger partial charge in [0.15, 0.2) is 4.34 Å². The van der Waals surface area contributed by atoms with Crippen molar-refractivity contribution in [3.63, 3.8) is 0 Å². The summed E-state index contributed by atoms with van der Waals surface area (Å²) in [7, 11) is 0. The minimum absolute atomic E-state index is 0.122. The van der Waals surface area contributed by atoms with Crippen molar-refractivity contribution in [2.24, 2.45) is 0 Å². The molecule has 0 fully saturated rings. The fourth-order valence-corrected chi connectivity index (χ4v) is 5.34. The number of anilines is 2. The van der Waals surface area contributed by atoms with Crippen molar-refractivity contribution in [2.75, 3.05) is 10.2 Å². The van der Waals surface area contributed by atoms with Crippen molar-refractivity contribution >= 4 is 39.8 Å². The quantitative estimate of drug-likeness (QED) is 0.602. The number of para-hydroxylation sites is 1. The fraction of sp³-hybridized carbons (Fsp3) is 0.286. The summed E-state index contributed by atoms with van der Waals surface area (Å²) >= 11 is 2.96. The van der Waals surface area contributed by atoms with Crippen LogP contribution < -0.4 is 10.2 Å². The van der Waals surface area contributed by atoms with Gasteiger partial charge in [-0.1, -0.05) is 71.6 Å². The number of amides is 1. The third kappa shape index (κ3) is 4.05. The lowest BCUT2D eigenvalue weighted by Gasteiger charge is -2.25. The highest BCUT2D eigenvalue weighted by molar-refractivity contribution is 8.02. The van der Waals surface area contributed by atoms with Gasteiger partial charge in [0.05, 0.1) is 5.25 Å². The summed E-state index contributed by atoms with van der Waals surface area (Å²) in [5.41, 5.74) is 3.47. The average molecular weight is 411 g/mol. The number of aromatic nitrogens is 2. The van der Waals surface area contributed by atoms with Crippen LogP contribution in [-0.4, -0.2) is 27.4 Å². The zero-order valence-electron chi connectivity index (χ0n) is 15.8. The first kappa shape index (κ1) is 19.0. The lowest BCUT2D eigenvalue weighted by molar-refractivity contribution is -0.118. The first-order valence-electron chi connectivity index (χ1n) is 9.31. The molecule has 0 saturated carbocycles. The molecule has 7 heteroatoms. The van der Waals surface area contributed by atoms with E-state index in [2.05, 4.69) is 40.6 Å². The van der Waals surface area contributed by atoms with Gasteiger partial charge in [-0.2, -0.15) is 0 Å². The third-order valence-electron chi connectivity index (χ3n) is 4.76. The van der Waals surface area contributed by atoms with Crippen LogP contribution in [0.4, 0.5) is 10.8 Å². The second kappa shape index (κ2) is 8.32. The summed E-state index contributed by atoms with van der Waals surface area (Å²) in [5, 5.41) is 12.3. The van der Waals surface area contributed by atoms with E-state index in [0.29, 0.717) is 6.54 Å². The first-order chi connectivity index (χ1) is 13.6. The molecular weight excluding hydrogens is 388 g/mol. The number of carbonyl (C=O) groups excluding carboxylic acids is 1. The van der Waals surface area contributed by atoms with Gasteiger partial charge < -0.3 is 10.2 Å². The van der Waals surface area contributed by atoms with Gasteiger partial charge in [-0.3, -0.25) is 4.79 Å². The molecule has 1 aliphatic rings. The summed E-state index contributed by atoms with van der Waals surface area (Å²) in [5.74, 6) is 0.122. The van der Waals surface area contributed by atoms with Crippen molar-refractivity contribution in [1.82, 2.24) is 10.2 Å². The molecule has 0 spiro atoms. The maximum Gasteiger partial charge on any atom is 0.240 e. The van der Waals surface area contributed by atoms with E-state index in [0.717, 1.165) is 21.6 Å². The Morgan fingerprint density at radius 3 is 2.79 bits per heavy atom. The molecule has 1 aromatic heterocycles. The molecule has 3 aromatic rings. The molecule has 4 rings (SSSR count). The number of nitrogens with one attached hydrogen (secondary N) is 1. The highest BCUT2D eigenvalue weighted by Crippen LogP contribution is 2.35. The van der Waals surface area contributed by atoms with E-state index in [1.807, 2.05) is 48.2 Å². The lowest BCUT2D eigenvalue weighted by Crippen LogP contribution is -2.40. The molecular formula is C21H22N4OS2. The zero-order valence-corrected chi connectivity index (χ0v) is 17.5. The van der Waals surface area contributed by atoms with Gasteiger partial charge in [-0.05, 0) is 37.5 Å². The van der Waals surface area contributed by atoms with E-state index in [1.54, 1.807) is 0 Å². The summed E-state index contributed by atoms with van der Waals surface area (Å²) < 4.78 is 0.802. The zero-order chi connectivity index (χ0) is 19.5. The lowest BCUT2D eigenvalue weighted by atomic mass is 10.1. The minimum atomic E-state index is -0.219. The van der Waals surface area contributed by atoms with Crippen LogP contribution in [-0.2, 0) is 17.8 Å². The van der Waals surface area contributed by atoms with Crippen LogP contribution in [0.3, 0.4) is 0 Å². The molecule has 28 heavy (non-hydrogen) atoms. The van der Waals surface area contributed by atoms with Gasteiger partial charge in [0.25, 0.3) is 0 Å². The van der Waals surface area contributed by atoms with Gasteiger partial charge in [-0.15, -0.1) is 10.2 Å². The second-order valence-corrected chi connectivity index (χ2v) is 9.43. The monoisotopic (exact) mass is 410 g/mol. The number of fused-ring (bicyclic) bond motifs is 1. The Hall–Kier alpha value is -2.38. The topological polar surface area (TPSA) is 58.1 Å². The van der Waals surface area contributed by atoms with E-state index >= 15 is 0 Å². The molecule has 0 saturated heterocycles. The van der Waals surface area contributed by atoms with Gasteiger partial charge in [0, 0.05) is 18.3 Å². The second-order valence-electron chi connectivity index (χ2n) is 6.86. The molecule has 2 aromatic carbocycles. The molecule has 0 unspecified atom stereocenters. The van der Waals surface area contributed by atoms with Gasteiger partial charge in [-0.25, -0.2) is 0 Å². The standard InChI is InChI=1S/C21H22N4OS2/c1-14-12-17-10-6-7-11-18(17)25(14)19(26)15(2)27-21-24-23-20(28-21)22-13-16-8-4-3-5-9-16/h3-11,14-15H,12-13H2,1-2H3,(H,22,23)/t14-,15-/m0/s1. The molecule has 2 heterocycles. The highest BCUT2D eigenvalue weighted by atomic mass is 32.2. The van der Waals surface area contributed by atoms with E-state index in [1.165, 1.54) is 34.2 Å². The van der Waals surface area contributed by atoms with Crippen molar-refractivity contribution < 1.29 is 4.79 Å². The van der Waals surface area contributed by atoms with Crippen LogP contribution >= 0.6 is 23.1 Å². The van der Waals surface area contributed by atoms with Gasteiger partial charge in [0.1, 0.15) is 0 Å². The predicted octanol–water partition coefficient (Wildman–Crippen LogP) is 4.61. The Kier molecular flexibility index (Phi) is 5.64. The van der Waals surface area contributed by atoms with Crippen LogP contribution in [0.5, 0.6) is 0 Å². The minimum Gasteiger partial charge on any atom is -0.356 e. The maximum absolute atomic E-state index is 13.1. The molecule has 1 aliphatic heterocycles. The number of rotatable bonds is 6. The number of hydrogen-bond donors (Lipinski definition) is 1. The molecule has 0 aliphatic carbocycles. The van der Waals surface area contributed by atoms with Crippen LogP contribution in [0.1, 0.15) is 25.0 Å². The van der Waals surface area contributed by atoms with Crippen molar-refractivity contribution in [3.05, 3.63) is 65.7 Å². The van der Waals surface area contributed by atoms with Crippen molar-refractivity contribution in [3.8, 4) is 0 Å². The smallest absolute Gasteiger partial charge is 0.240 e. The predicted molar refractivity (Wildman–Crippen MR) is 116 cm³/mol. The Morgan fingerprint density at radius 1 is 1.21 bits per heavy atom. The van der Waals surface area contributed by atoms with E-state index in [9.17, 15) is 4.79 Å². The summed E-state index contributed by atoms with van der Waals surface area (Å²) in [4.78, 5) is 15.0. The number of nitrogens with zero attached hydrogens (tertiary/aromatic N) is 3. The largest absolute Gasteiger partial charge is 0.356 e. The van der Waals surface area contributed by atoms with Crippen molar-refractivity contribution in [2.45, 2.75) is 42.4 Å². The molecule has 5 nitrogen and oxygen atoms in total. The number of carbonyl (C=O) groups is 1. The van der Waals surface area contributed by atoms with E-state index < -0.39 is 0 Å². The van der Waals surface area contributed by atoms with Crippen LogP contribution in [0.25, 0.3) is 0 Å². The SMILES string of the molecule is C[C@H](Sc1nnc(NCc2ccccc2)s1)C(=O)N1c2ccccc2C[C@@H]1C. The molecule has 144 valence electrons. The third-order valence-corrected chi connectivity index (χ3v) is 6.82. The summed E-state index contributed by atoms with van der Waals surface area (Å²) in [6, 6.07) is 18.5. The normalized spacial score (nSPS) is 16.6. The summed E-state index contributed by atoms with van der Waals surface area (Å²) in [6.07, 6.45) is 0.908. The number of hydrogen-bond acceptors (Lipinski definition) is 6. The molecule has 0 radical (unpaired) electrons. The first-order valence-corrected chi connectivity index (χ1v) is 11.0. The van der Waals surface area contributed by atoms with E-state index in [4.69, 9.17) is 0 Å². The van der Waals surface area contributed by atoms with Crippen LogP contribution in [0.2, 0.25) is 0 Å². The summed E-state index contributed by atoms with van der Waals surface area (Å²) in [6.45, 7) is 4.75.